The molecular weight excluding hydrogens is 480 g/mol. The van der Waals surface area contributed by atoms with Crippen LogP contribution in [0.5, 0.6) is 0 Å². The first kappa shape index (κ1) is 23.9. The number of hydrogen-bond acceptors (Lipinski definition) is 8. The van der Waals surface area contributed by atoms with Crippen LogP contribution < -0.4 is 21.3 Å². The van der Waals surface area contributed by atoms with Crippen LogP contribution in [0.2, 0.25) is 0 Å². The number of rotatable bonds is 10. The highest BCUT2D eigenvalue weighted by Crippen LogP contribution is 2.31. The second-order valence-electron chi connectivity index (χ2n) is 9.26. The molecule has 188 valence electrons. The zero-order valence-corrected chi connectivity index (χ0v) is 20.9. The van der Waals surface area contributed by atoms with Crippen LogP contribution in [-0.4, -0.2) is 71.1 Å². The summed E-state index contributed by atoms with van der Waals surface area (Å²) in [5.41, 5.74) is 2.77. The van der Waals surface area contributed by atoms with E-state index in [9.17, 15) is 14.4 Å². The van der Waals surface area contributed by atoms with Crippen LogP contribution in [-0.2, 0) is 4.79 Å². The monoisotopic (exact) mass is 508 g/mol. The van der Waals surface area contributed by atoms with E-state index in [0.717, 1.165) is 30.9 Å². The topological polar surface area (TPSA) is 133 Å². The fourth-order valence-electron chi connectivity index (χ4n) is 3.84. The van der Waals surface area contributed by atoms with Gasteiger partial charge in [0.05, 0.1) is 16.8 Å². The van der Waals surface area contributed by atoms with Crippen molar-refractivity contribution in [3.05, 3.63) is 39.8 Å². The van der Waals surface area contributed by atoms with Crippen LogP contribution in [0.15, 0.2) is 29.4 Å². The SMILES string of the molecule is CN(C)CCCNC(=O)c1cc(-c2cc(NCC3CC3)n3ncc(/C=C4\NC(=O)NC4=O)c3n2)cs1. The van der Waals surface area contributed by atoms with Gasteiger partial charge in [-0.25, -0.2) is 9.78 Å². The molecule has 5 rings (SSSR count). The molecule has 11 nitrogen and oxygen atoms in total. The summed E-state index contributed by atoms with van der Waals surface area (Å²) >= 11 is 1.37. The molecule has 1 aliphatic heterocycles. The lowest BCUT2D eigenvalue weighted by Crippen LogP contribution is -2.26. The molecule has 0 aromatic carbocycles. The van der Waals surface area contributed by atoms with Crippen LogP contribution in [0.3, 0.4) is 0 Å². The van der Waals surface area contributed by atoms with Gasteiger partial charge in [-0.15, -0.1) is 11.3 Å². The Morgan fingerprint density at radius 2 is 2.11 bits per heavy atom. The Balaban J connectivity index is 1.43. The number of nitrogens with zero attached hydrogens (tertiary/aromatic N) is 4. The smallest absolute Gasteiger partial charge is 0.326 e. The molecule has 2 aliphatic rings. The first-order chi connectivity index (χ1) is 17.4. The minimum absolute atomic E-state index is 0.101. The Labute approximate surface area is 212 Å². The van der Waals surface area contributed by atoms with E-state index in [4.69, 9.17) is 4.98 Å². The molecule has 36 heavy (non-hydrogen) atoms. The van der Waals surface area contributed by atoms with Gasteiger partial charge < -0.3 is 20.9 Å². The minimum atomic E-state index is -0.561. The predicted octanol–water partition coefficient (Wildman–Crippen LogP) is 2.14. The van der Waals surface area contributed by atoms with Gasteiger partial charge in [0.1, 0.15) is 11.5 Å². The molecule has 3 aromatic rings. The lowest BCUT2D eigenvalue weighted by atomic mass is 10.2. The third kappa shape index (κ3) is 5.39. The van der Waals surface area contributed by atoms with Crippen molar-refractivity contribution in [2.75, 3.05) is 39.0 Å². The molecule has 4 N–H and O–H groups in total. The van der Waals surface area contributed by atoms with Crippen molar-refractivity contribution in [1.82, 2.24) is 35.4 Å². The molecule has 0 bridgehead atoms. The maximum absolute atomic E-state index is 12.6. The van der Waals surface area contributed by atoms with Gasteiger partial charge in [0.2, 0.25) is 0 Å². The molecule has 12 heteroatoms. The van der Waals surface area contributed by atoms with Crippen molar-refractivity contribution in [1.29, 1.82) is 0 Å². The zero-order valence-electron chi connectivity index (χ0n) is 20.1. The van der Waals surface area contributed by atoms with Gasteiger partial charge in [0.15, 0.2) is 5.65 Å². The molecule has 0 unspecified atom stereocenters. The van der Waals surface area contributed by atoms with E-state index >= 15 is 0 Å². The van der Waals surface area contributed by atoms with E-state index < -0.39 is 11.9 Å². The van der Waals surface area contributed by atoms with Gasteiger partial charge in [-0.2, -0.15) is 9.61 Å². The van der Waals surface area contributed by atoms with Crippen LogP contribution in [0.25, 0.3) is 23.0 Å². The van der Waals surface area contributed by atoms with E-state index in [-0.39, 0.29) is 11.6 Å². The van der Waals surface area contributed by atoms with Crippen LogP contribution in [0.1, 0.15) is 34.5 Å². The second kappa shape index (κ2) is 10.1. The number of aromatic nitrogens is 3. The van der Waals surface area contributed by atoms with Gasteiger partial charge in [-0.05, 0) is 58.0 Å². The van der Waals surface area contributed by atoms with Crippen molar-refractivity contribution in [2.24, 2.45) is 5.92 Å². The summed E-state index contributed by atoms with van der Waals surface area (Å²) in [5, 5.41) is 17.5. The Hall–Kier alpha value is -3.77. The summed E-state index contributed by atoms with van der Waals surface area (Å²) in [6.07, 6.45) is 6.46. The first-order valence-electron chi connectivity index (χ1n) is 11.9. The third-order valence-corrected chi connectivity index (χ3v) is 6.90. The molecule has 0 radical (unpaired) electrons. The van der Waals surface area contributed by atoms with Crippen molar-refractivity contribution >= 4 is 46.7 Å². The number of anilines is 1. The number of carbonyl (C=O) groups excluding carboxylic acids is 3. The van der Waals surface area contributed by atoms with Gasteiger partial charge >= 0.3 is 6.03 Å². The quantitative estimate of drug-likeness (QED) is 0.187. The molecule has 1 aliphatic carbocycles. The van der Waals surface area contributed by atoms with E-state index in [1.165, 1.54) is 24.2 Å². The molecule has 0 atom stereocenters. The van der Waals surface area contributed by atoms with Crippen molar-refractivity contribution in [3.63, 3.8) is 0 Å². The Morgan fingerprint density at radius 3 is 2.83 bits per heavy atom. The van der Waals surface area contributed by atoms with E-state index in [1.807, 2.05) is 31.6 Å². The second-order valence-corrected chi connectivity index (χ2v) is 10.2. The normalized spacial score (nSPS) is 16.6. The van der Waals surface area contributed by atoms with Crippen LogP contribution in [0.4, 0.5) is 10.6 Å². The lowest BCUT2D eigenvalue weighted by molar-refractivity contribution is -0.115. The van der Waals surface area contributed by atoms with Gasteiger partial charge in [-0.3, -0.25) is 14.9 Å². The Kier molecular flexibility index (Phi) is 6.70. The van der Waals surface area contributed by atoms with E-state index in [2.05, 4.69) is 31.3 Å². The van der Waals surface area contributed by atoms with Gasteiger partial charge in [-0.1, -0.05) is 0 Å². The molecule has 3 aromatic heterocycles. The standard InChI is InChI=1S/C24H28N8O3S/c1-31(2)7-3-6-25-23(34)19-9-16(13-36-19)17-10-20(26-11-14-4-5-14)32-21(28-17)15(12-27-32)8-18-22(33)30-24(35)29-18/h8-10,12-14,26H,3-7,11H2,1-2H3,(H,25,34)(H2,29,30,33,35)/b18-8-. The van der Waals surface area contributed by atoms with Crippen molar-refractivity contribution in [2.45, 2.75) is 19.3 Å². The van der Waals surface area contributed by atoms with E-state index in [1.54, 1.807) is 16.8 Å². The average Bonchev–Trinajstić information content (AvgIpc) is 3.22. The summed E-state index contributed by atoms with van der Waals surface area (Å²) in [7, 11) is 4.01. The van der Waals surface area contributed by atoms with Crippen LogP contribution in [0, 0.1) is 5.92 Å². The molecule has 4 amide bonds. The highest BCUT2D eigenvalue weighted by atomic mass is 32.1. The van der Waals surface area contributed by atoms with E-state index in [0.29, 0.717) is 34.2 Å². The minimum Gasteiger partial charge on any atom is -0.370 e. The maximum Gasteiger partial charge on any atom is 0.326 e. The first-order valence-corrected chi connectivity index (χ1v) is 12.7. The van der Waals surface area contributed by atoms with Crippen molar-refractivity contribution in [3.8, 4) is 11.3 Å². The zero-order chi connectivity index (χ0) is 25.2. The highest BCUT2D eigenvalue weighted by molar-refractivity contribution is 7.12. The Bertz CT molecular complexity index is 1350. The number of fused-ring (bicyclic) bond motifs is 1. The molecule has 4 heterocycles. The molecular formula is C24H28N8O3S. The maximum atomic E-state index is 12.6. The highest BCUT2D eigenvalue weighted by Gasteiger charge is 2.25. The number of nitrogens with one attached hydrogen (secondary N) is 4. The lowest BCUT2D eigenvalue weighted by Gasteiger charge is -2.10. The van der Waals surface area contributed by atoms with Gasteiger partial charge in [0, 0.05) is 35.7 Å². The number of thiophene rings is 1. The molecule has 1 saturated carbocycles. The van der Waals surface area contributed by atoms with Crippen LogP contribution >= 0.6 is 11.3 Å². The largest absolute Gasteiger partial charge is 0.370 e. The Morgan fingerprint density at radius 1 is 1.28 bits per heavy atom. The number of urea groups is 1. The number of amides is 4. The number of imide groups is 1. The average molecular weight is 509 g/mol. The summed E-state index contributed by atoms with van der Waals surface area (Å²) in [5.74, 6) is 0.820. The van der Waals surface area contributed by atoms with Gasteiger partial charge in [0.25, 0.3) is 11.8 Å². The number of hydrogen-bond donors (Lipinski definition) is 4. The summed E-state index contributed by atoms with van der Waals surface area (Å²) in [6, 6.07) is 3.20. The van der Waals surface area contributed by atoms with Crippen molar-refractivity contribution < 1.29 is 14.4 Å². The summed E-state index contributed by atoms with van der Waals surface area (Å²) in [6.45, 7) is 2.35. The predicted molar refractivity (Wildman–Crippen MR) is 138 cm³/mol. The fourth-order valence-corrected chi connectivity index (χ4v) is 4.66. The summed E-state index contributed by atoms with van der Waals surface area (Å²) < 4.78 is 1.69. The molecule has 0 spiro atoms. The molecule has 1 saturated heterocycles. The third-order valence-electron chi connectivity index (χ3n) is 5.97. The number of carbonyl (C=O) groups is 3. The summed E-state index contributed by atoms with van der Waals surface area (Å²) in [4.78, 5) is 43.7. The molecule has 2 fully saturated rings. The fraction of sp³-hybridized carbons (Fsp3) is 0.375.